The normalized spacial score (nSPS) is 12.4. The van der Waals surface area contributed by atoms with E-state index < -0.39 is 0 Å². The van der Waals surface area contributed by atoms with Gasteiger partial charge in [0.2, 0.25) is 0 Å². The molecule has 0 saturated heterocycles. The monoisotopic (exact) mass is 331 g/mol. The van der Waals surface area contributed by atoms with Gasteiger partial charge in [0, 0.05) is 5.02 Å². The maximum Gasteiger partial charge on any atom is 0.127 e. The van der Waals surface area contributed by atoms with Gasteiger partial charge in [-0.05, 0) is 73.3 Å². The van der Waals surface area contributed by atoms with Gasteiger partial charge in [-0.15, -0.1) is 0 Å². The summed E-state index contributed by atoms with van der Waals surface area (Å²) >= 11 is 5.88. The minimum Gasteiger partial charge on any atom is -0.457 e. The average molecular weight is 332 g/mol. The molecular formula is C20H26ClNO. The Balaban J connectivity index is 1.84. The van der Waals surface area contributed by atoms with Crippen LogP contribution in [0.5, 0.6) is 11.5 Å². The summed E-state index contributed by atoms with van der Waals surface area (Å²) in [6.45, 7) is 8.88. The van der Waals surface area contributed by atoms with Crippen molar-refractivity contribution >= 4 is 11.6 Å². The minimum atomic E-state index is 0.541. The van der Waals surface area contributed by atoms with Crippen molar-refractivity contribution in [3.8, 4) is 11.5 Å². The molecule has 2 aromatic carbocycles. The predicted octanol–water partition coefficient (Wildman–Crippen LogP) is 5.87. The SMILES string of the molecule is CC(C)CNCCC(C)c1ccc(Oc2ccc(Cl)cc2)cc1. The molecule has 0 amide bonds. The van der Waals surface area contributed by atoms with Gasteiger partial charge in [-0.3, -0.25) is 0 Å². The van der Waals surface area contributed by atoms with Crippen LogP contribution < -0.4 is 10.1 Å². The summed E-state index contributed by atoms with van der Waals surface area (Å²) in [4.78, 5) is 0. The quantitative estimate of drug-likeness (QED) is 0.610. The molecule has 0 spiro atoms. The molecule has 0 fully saturated rings. The fourth-order valence-corrected chi connectivity index (χ4v) is 2.51. The van der Waals surface area contributed by atoms with Crippen molar-refractivity contribution in [2.45, 2.75) is 33.1 Å². The molecule has 0 aliphatic carbocycles. The summed E-state index contributed by atoms with van der Waals surface area (Å²) in [5, 5.41) is 4.21. The maximum absolute atomic E-state index is 5.88. The average Bonchev–Trinajstić information content (AvgIpc) is 2.54. The molecule has 124 valence electrons. The van der Waals surface area contributed by atoms with Gasteiger partial charge in [0.05, 0.1) is 0 Å². The fourth-order valence-electron chi connectivity index (χ4n) is 2.38. The van der Waals surface area contributed by atoms with Gasteiger partial charge in [-0.25, -0.2) is 0 Å². The van der Waals surface area contributed by atoms with Crippen LogP contribution in [0.15, 0.2) is 48.5 Å². The molecule has 0 aliphatic heterocycles. The molecule has 3 heteroatoms. The number of nitrogens with one attached hydrogen (secondary N) is 1. The van der Waals surface area contributed by atoms with E-state index in [1.54, 1.807) is 0 Å². The van der Waals surface area contributed by atoms with Crippen molar-refractivity contribution in [1.29, 1.82) is 0 Å². The van der Waals surface area contributed by atoms with E-state index in [4.69, 9.17) is 16.3 Å². The first-order chi connectivity index (χ1) is 11.0. The van der Waals surface area contributed by atoms with Crippen LogP contribution in [0, 0.1) is 5.92 Å². The molecule has 0 aromatic heterocycles. The third-order valence-corrected chi connectivity index (χ3v) is 4.06. The first-order valence-corrected chi connectivity index (χ1v) is 8.66. The Bertz CT molecular complexity index is 578. The van der Waals surface area contributed by atoms with Crippen LogP contribution in [-0.2, 0) is 0 Å². The third-order valence-electron chi connectivity index (χ3n) is 3.81. The lowest BCUT2D eigenvalue weighted by Crippen LogP contribution is -2.21. The van der Waals surface area contributed by atoms with Gasteiger partial charge in [0.1, 0.15) is 11.5 Å². The summed E-state index contributed by atoms with van der Waals surface area (Å²) in [5.41, 5.74) is 1.35. The topological polar surface area (TPSA) is 21.3 Å². The van der Waals surface area contributed by atoms with Crippen LogP contribution in [0.3, 0.4) is 0 Å². The zero-order valence-electron chi connectivity index (χ0n) is 14.2. The molecule has 1 N–H and O–H groups in total. The van der Waals surface area contributed by atoms with Crippen LogP contribution >= 0.6 is 11.6 Å². The molecule has 1 unspecified atom stereocenters. The second kappa shape index (κ2) is 8.95. The van der Waals surface area contributed by atoms with Crippen molar-refractivity contribution in [3.63, 3.8) is 0 Å². The highest BCUT2D eigenvalue weighted by atomic mass is 35.5. The molecule has 0 bridgehead atoms. The van der Waals surface area contributed by atoms with Gasteiger partial charge >= 0.3 is 0 Å². The first kappa shape index (κ1) is 17.8. The smallest absolute Gasteiger partial charge is 0.127 e. The van der Waals surface area contributed by atoms with Crippen molar-refractivity contribution in [2.24, 2.45) is 5.92 Å². The van der Waals surface area contributed by atoms with E-state index in [0.717, 1.165) is 31.0 Å². The molecule has 23 heavy (non-hydrogen) atoms. The Morgan fingerprint density at radius 1 is 0.913 bits per heavy atom. The van der Waals surface area contributed by atoms with E-state index in [2.05, 4.69) is 38.2 Å². The van der Waals surface area contributed by atoms with Crippen LogP contribution in [0.25, 0.3) is 0 Å². The Hall–Kier alpha value is -1.51. The molecular weight excluding hydrogens is 306 g/mol. The lowest BCUT2D eigenvalue weighted by Gasteiger charge is -2.14. The van der Waals surface area contributed by atoms with Gasteiger partial charge in [-0.1, -0.05) is 44.5 Å². The Kier molecular flexibility index (Phi) is 6.94. The summed E-state index contributed by atoms with van der Waals surface area (Å²) in [6.07, 6.45) is 1.14. The Labute approximate surface area is 144 Å². The van der Waals surface area contributed by atoms with E-state index in [0.29, 0.717) is 16.9 Å². The second-order valence-corrected chi connectivity index (χ2v) is 6.85. The molecule has 0 heterocycles. The highest BCUT2D eigenvalue weighted by molar-refractivity contribution is 6.30. The summed E-state index contributed by atoms with van der Waals surface area (Å²) < 4.78 is 5.82. The number of rotatable bonds is 8. The fraction of sp³-hybridized carbons (Fsp3) is 0.400. The zero-order chi connectivity index (χ0) is 16.7. The van der Waals surface area contributed by atoms with Gasteiger partial charge in [0.25, 0.3) is 0 Å². The predicted molar refractivity (Wildman–Crippen MR) is 98.7 cm³/mol. The summed E-state index contributed by atoms with van der Waals surface area (Å²) in [7, 11) is 0. The molecule has 2 nitrogen and oxygen atoms in total. The minimum absolute atomic E-state index is 0.541. The van der Waals surface area contributed by atoms with Gasteiger partial charge in [-0.2, -0.15) is 0 Å². The van der Waals surface area contributed by atoms with Gasteiger partial charge < -0.3 is 10.1 Å². The zero-order valence-corrected chi connectivity index (χ0v) is 14.9. The number of ether oxygens (including phenoxy) is 1. The third kappa shape index (κ3) is 6.25. The van der Waals surface area contributed by atoms with Crippen molar-refractivity contribution < 1.29 is 4.74 Å². The Morgan fingerprint density at radius 2 is 1.48 bits per heavy atom. The number of halogens is 1. The Morgan fingerprint density at radius 3 is 2.04 bits per heavy atom. The molecule has 0 radical (unpaired) electrons. The molecule has 2 rings (SSSR count). The van der Waals surface area contributed by atoms with Crippen molar-refractivity contribution in [3.05, 3.63) is 59.1 Å². The van der Waals surface area contributed by atoms with Crippen LogP contribution in [0.4, 0.5) is 0 Å². The molecule has 2 aromatic rings. The standard InChI is InChI=1S/C20H26ClNO/c1-15(2)14-22-13-12-16(3)17-4-8-19(9-5-17)23-20-10-6-18(21)7-11-20/h4-11,15-16,22H,12-14H2,1-3H3. The molecule has 0 aliphatic rings. The summed E-state index contributed by atoms with van der Waals surface area (Å²) in [6, 6.07) is 15.8. The molecule has 0 saturated carbocycles. The van der Waals surface area contributed by atoms with Crippen LogP contribution in [0.1, 0.15) is 38.7 Å². The first-order valence-electron chi connectivity index (χ1n) is 8.28. The van der Waals surface area contributed by atoms with E-state index >= 15 is 0 Å². The largest absolute Gasteiger partial charge is 0.457 e. The number of hydrogen-bond donors (Lipinski definition) is 1. The van der Waals surface area contributed by atoms with E-state index in [-0.39, 0.29) is 0 Å². The summed E-state index contributed by atoms with van der Waals surface area (Å²) in [5.74, 6) is 2.89. The molecule has 1 atom stereocenters. The highest BCUT2D eigenvalue weighted by Gasteiger charge is 2.06. The van der Waals surface area contributed by atoms with Crippen molar-refractivity contribution in [2.75, 3.05) is 13.1 Å². The van der Waals surface area contributed by atoms with E-state index in [1.165, 1.54) is 5.56 Å². The van der Waals surface area contributed by atoms with Crippen molar-refractivity contribution in [1.82, 2.24) is 5.32 Å². The number of hydrogen-bond acceptors (Lipinski definition) is 2. The van der Waals surface area contributed by atoms with Crippen LogP contribution in [0.2, 0.25) is 5.02 Å². The number of benzene rings is 2. The van der Waals surface area contributed by atoms with E-state index in [9.17, 15) is 0 Å². The highest BCUT2D eigenvalue weighted by Crippen LogP contribution is 2.26. The van der Waals surface area contributed by atoms with E-state index in [1.807, 2.05) is 36.4 Å². The second-order valence-electron chi connectivity index (χ2n) is 6.41. The van der Waals surface area contributed by atoms with Gasteiger partial charge in [0.15, 0.2) is 0 Å². The van der Waals surface area contributed by atoms with Crippen LogP contribution in [-0.4, -0.2) is 13.1 Å². The lowest BCUT2D eigenvalue weighted by molar-refractivity contribution is 0.482. The lowest BCUT2D eigenvalue weighted by atomic mass is 9.98. The maximum atomic E-state index is 5.88.